The van der Waals surface area contributed by atoms with E-state index < -0.39 is 107 Å². The third-order valence-corrected chi connectivity index (χ3v) is 28.9. The van der Waals surface area contributed by atoms with Crippen LogP contribution in [-0.4, -0.2) is 366 Å². The van der Waals surface area contributed by atoms with Crippen molar-refractivity contribution in [3.05, 3.63) is 0 Å². The van der Waals surface area contributed by atoms with Crippen LogP contribution < -0.4 is 0 Å². The molecule has 0 aliphatic carbocycles. The molecule has 0 spiro atoms. The Hall–Kier alpha value is -0.270. The van der Waals surface area contributed by atoms with Crippen LogP contribution in [0.3, 0.4) is 0 Å². The molecule has 38 heteroatoms. The summed E-state index contributed by atoms with van der Waals surface area (Å²) >= 11 is 0. The SMILES string of the molecule is [3H][C@@H]1CN(P(C)(=O)OC[C@@H]2CN(P(C)(=O)OC[C@@H]3CN(P(C)(=O)OC[C@@H]4CN(C)C[C@H](C)O4)C[C@H](C)O3)C[C@H](C)O2)C[C@@H](COP(C)(=O)N2C[C@@H](COP(C)(=O)N3C[C@@H](COP(=O)(N(C)C)N4CCN(C(=O)OCCOCCOCCO)CC4)O[C@@H](C)C3)O[C@@H]([3H])C2)O1. The Kier molecular flexibility index (Phi) is 29.4. The van der Waals surface area contributed by atoms with Gasteiger partial charge in [0.25, 0.3) is 37.6 Å². The molecule has 0 radical (unpaired) electrons. The van der Waals surface area contributed by atoms with E-state index in [1.807, 2.05) is 34.7 Å². The predicted molar refractivity (Wildman–Crippen MR) is 340 cm³/mol. The van der Waals surface area contributed by atoms with Crippen molar-refractivity contribution in [2.45, 2.75) is 88.7 Å². The van der Waals surface area contributed by atoms with Gasteiger partial charge in [0.05, 0.1) is 150 Å². The highest BCUT2D eigenvalue weighted by Gasteiger charge is 2.45. The molecule has 1 amide bonds. The topological polar surface area (TPSA) is 307 Å². The van der Waals surface area contributed by atoms with Gasteiger partial charge in [-0.2, -0.15) is 0 Å². The largest absolute Gasteiger partial charge is 0.447 e. The smallest absolute Gasteiger partial charge is 0.409 e. The van der Waals surface area contributed by atoms with Crippen LogP contribution >= 0.6 is 45.3 Å². The van der Waals surface area contributed by atoms with E-state index in [1.165, 1.54) is 45.6 Å². The summed E-state index contributed by atoms with van der Waals surface area (Å²) in [5, 5.41) is 8.79. The number of carbonyl (C=O) groups is 1. The third-order valence-electron chi connectivity index (χ3n) is 16.3. The van der Waals surface area contributed by atoms with Crippen molar-refractivity contribution in [1.82, 2.24) is 42.5 Å². The van der Waals surface area contributed by atoms with E-state index in [9.17, 15) is 32.2 Å². The fraction of sp³-hybridized carbons (Fsp3) is 0.981. The second-order valence-electron chi connectivity index (χ2n) is 24.8. The lowest BCUT2D eigenvalue weighted by atomic mass is 10.2. The van der Waals surface area contributed by atoms with E-state index in [0.717, 1.165) is 6.54 Å². The minimum absolute atomic E-state index is 0.00349. The maximum Gasteiger partial charge on any atom is 0.409 e. The Bertz CT molecular complexity index is 2650. The van der Waals surface area contributed by atoms with Gasteiger partial charge in [0.2, 0.25) is 0 Å². The number of aliphatic hydroxyl groups excluding tert-OH is 1. The number of hydrogen-bond donors (Lipinski definition) is 1. The highest BCUT2D eigenvalue weighted by Crippen LogP contribution is 2.56. The van der Waals surface area contributed by atoms with Crippen LogP contribution in [-0.2, 0) is 97.2 Å². The summed E-state index contributed by atoms with van der Waals surface area (Å²) in [5.74, 6) is 0. The molecule has 6 unspecified atom stereocenters. The lowest BCUT2D eigenvalue weighted by Crippen LogP contribution is -2.50. The summed E-state index contributed by atoms with van der Waals surface area (Å²) in [4.78, 5) is 16.4. The van der Waals surface area contributed by atoms with Crippen LogP contribution in [0.25, 0.3) is 0 Å². The van der Waals surface area contributed by atoms with Gasteiger partial charge in [-0.3, -0.25) is 27.4 Å². The molecule has 91 heavy (non-hydrogen) atoms. The average molecular weight is 1430 g/mol. The molecule has 7 saturated heterocycles. The summed E-state index contributed by atoms with van der Waals surface area (Å²) < 4.78 is 203. The number of hydrogen-bond acceptors (Lipinski definition) is 24. The summed E-state index contributed by atoms with van der Waals surface area (Å²) in [6.07, 6.45) is -5.32. The molecule has 7 fully saturated rings. The number of morpholine rings is 6. The van der Waals surface area contributed by atoms with E-state index in [2.05, 4.69) is 4.90 Å². The van der Waals surface area contributed by atoms with Crippen LogP contribution in [0.15, 0.2) is 0 Å². The summed E-state index contributed by atoms with van der Waals surface area (Å²) in [6.45, 7) is 16.9. The highest BCUT2D eigenvalue weighted by atomic mass is 31.2. The molecule has 32 nitrogen and oxygen atoms in total. The lowest BCUT2D eigenvalue weighted by molar-refractivity contribution is -0.0913. The normalized spacial score (nSPS) is 34.8. The zero-order valence-electron chi connectivity index (χ0n) is 57.4. The monoisotopic (exact) mass is 1430 g/mol. The molecule has 7 heterocycles. The van der Waals surface area contributed by atoms with Crippen molar-refractivity contribution < 1.29 is 110 Å². The molecular formula is C53H107N9O23P6. The minimum Gasteiger partial charge on any atom is -0.447 e. The van der Waals surface area contributed by atoms with E-state index in [4.69, 9.17) is 77.6 Å². The average Bonchev–Trinajstić information content (AvgIpc) is 0.830. The number of ether oxygens (including phenoxy) is 9. The second kappa shape index (κ2) is 35.7. The number of rotatable bonds is 33. The second-order valence-corrected chi connectivity index (χ2v) is 39.6. The van der Waals surface area contributed by atoms with E-state index >= 15 is 0 Å². The van der Waals surface area contributed by atoms with Gasteiger partial charge in [0.15, 0.2) is 0 Å². The number of amides is 1. The maximum absolute atomic E-state index is 14.5. The molecule has 0 saturated carbocycles. The molecule has 532 valence electrons. The van der Waals surface area contributed by atoms with Gasteiger partial charge in [-0.25, -0.2) is 37.5 Å². The fourth-order valence-electron chi connectivity index (χ4n) is 11.6. The zero-order valence-corrected chi connectivity index (χ0v) is 60.7. The van der Waals surface area contributed by atoms with Crippen molar-refractivity contribution in [1.29, 1.82) is 0 Å². The first-order valence-electron chi connectivity index (χ1n) is 32.5. The molecule has 7 aliphatic heterocycles. The number of likely N-dealkylation sites (N-methyl/N-ethyl adjacent to an activating group) is 1. The number of piperazine rings is 1. The molecule has 7 aliphatic rings. The Labute approximate surface area is 542 Å². The predicted octanol–water partition coefficient (Wildman–Crippen LogP) is 4.04. The molecule has 0 aromatic heterocycles. The number of aliphatic hydroxyl groups is 1. The summed E-state index contributed by atoms with van der Waals surface area (Å²) in [7, 11) is -15.9. The van der Waals surface area contributed by atoms with Gasteiger partial charge in [-0.05, 0) is 48.8 Å². The molecular weight excluding hydrogens is 1320 g/mol. The number of carbonyl (C=O) groups excluding carboxylic acids is 1. The molecule has 18 atom stereocenters. The summed E-state index contributed by atoms with van der Waals surface area (Å²) in [5.41, 5.74) is 0. The Morgan fingerprint density at radius 3 is 1.19 bits per heavy atom. The van der Waals surface area contributed by atoms with E-state index in [-0.39, 0.29) is 163 Å². The van der Waals surface area contributed by atoms with Gasteiger partial charge in [-0.15, -0.1) is 0 Å². The standard InChI is InChI=1S/C53H107N9O23P6/c1-43-27-55(7)31-49(82-43)39-79-89(11,68)60-28-45(3)84-51(35-60)41-80-90(12,69)61-29-44(2)83-50(34-61)40-78-87(9,66)59-18-21-73-47(32-59)37-76-86(8,65)58-17-20-74-48(33-58)38-77-88(10,67)62-30-46(4)85-52(36-62)42-81-91(70,54(5)6)57-15-13-56(14-16-57)53(64)75-26-25-72-24-23-71-22-19-63/h43-52,63H,13-42H2,1-12H3/t43-,44-,45-,46-,47-,48-,49-,50-,51-,52-,86?,87?,88?,89?,90?,91?/m0/s1/i20T,21T/t20-,21+,43-,44-,45-,46-,47-,48-,49-,50-,51-,52-,86?,87?,88?,89?,90?,91?. The minimum atomic E-state index is -3.69. The van der Waals surface area contributed by atoms with Gasteiger partial charge in [-0.1, -0.05) is 0 Å². The van der Waals surface area contributed by atoms with E-state index in [0.29, 0.717) is 32.8 Å². The van der Waals surface area contributed by atoms with Crippen LogP contribution in [0.2, 0.25) is 0 Å². The van der Waals surface area contributed by atoms with Crippen molar-refractivity contribution >= 4 is 51.4 Å². The first-order valence-corrected chi connectivity index (χ1v) is 43.0. The molecule has 0 aromatic rings. The molecule has 7 rings (SSSR count). The molecule has 1 N–H and O–H groups in total. The Balaban J connectivity index is 0.829. The quantitative estimate of drug-likeness (QED) is 0.0716. The van der Waals surface area contributed by atoms with Crippen LogP contribution in [0.4, 0.5) is 4.79 Å². The Morgan fingerprint density at radius 2 is 0.791 bits per heavy atom. The highest BCUT2D eigenvalue weighted by molar-refractivity contribution is 7.57. The third kappa shape index (κ3) is 24.0. The summed E-state index contributed by atoms with van der Waals surface area (Å²) in [6, 6.07) is 0. The molecule has 0 bridgehead atoms. The van der Waals surface area contributed by atoms with Gasteiger partial charge >= 0.3 is 13.8 Å². The Morgan fingerprint density at radius 1 is 0.451 bits per heavy atom. The van der Waals surface area contributed by atoms with Crippen LogP contribution in [0.5, 0.6) is 0 Å². The number of nitrogens with zero attached hydrogens (tertiary/aromatic N) is 9. The van der Waals surface area contributed by atoms with Crippen molar-refractivity contribution in [2.75, 3.05) is 252 Å². The first-order chi connectivity index (χ1) is 43.6. The van der Waals surface area contributed by atoms with Crippen molar-refractivity contribution in [2.24, 2.45) is 0 Å². The van der Waals surface area contributed by atoms with Gasteiger partial charge < -0.3 is 84.7 Å². The van der Waals surface area contributed by atoms with Crippen LogP contribution in [0, 0.1) is 0 Å². The van der Waals surface area contributed by atoms with Crippen molar-refractivity contribution in [3.8, 4) is 0 Å². The van der Waals surface area contributed by atoms with Crippen molar-refractivity contribution in [3.63, 3.8) is 0 Å². The van der Waals surface area contributed by atoms with E-state index in [1.54, 1.807) is 39.4 Å². The first kappa shape index (κ1) is 74.9. The maximum atomic E-state index is 14.5. The van der Waals surface area contributed by atoms with Gasteiger partial charge in [0.1, 0.15) is 6.61 Å². The van der Waals surface area contributed by atoms with Crippen LogP contribution in [0.1, 0.15) is 30.4 Å². The fourth-order valence-corrected chi connectivity index (χ4v) is 21.2. The lowest BCUT2D eigenvalue weighted by Gasteiger charge is -2.42. The zero-order chi connectivity index (χ0) is 68.1. The van der Waals surface area contributed by atoms with Gasteiger partial charge in [0, 0.05) is 138 Å². The molecule has 0 aromatic carbocycles.